The van der Waals surface area contributed by atoms with E-state index in [9.17, 15) is 4.79 Å². The summed E-state index contributed by atoms with van der Waals surface area (Å²) in [4.78, 5) is 26.8. The van der Waals surface area contributed by atoms with Crippen LogP contribution in [0.4, 0.5) is 5.69 Å². The van der Waals surface area contributed by atoms with Crippen LogP contribution in [0.5, 0.6) is 0 Å². The van der Waals surface area contributed by atoms with Crippen LogP contribution in [0.1, 0.15) is 12.8 Å². The molecule has 3 heterocycles. The van der Waals surface area contributed by atoms with Gasteiger partial charge >= 0.3 is 0 Å². The van der Waals surface area contributed by atoms with Gasteiger partial charge in [0, 0.05) is 32.5 Å². The average molecular weight is 271 g/mol. The normalized spacial score (nSPS) is 19.1. The summed E-state index contributed by atoms with van der Waals surface area (Å²) in [5.41, 5.74) is 2.44. The number of carbonyl (C=O) groups is 1. The molecule has 0 bridgehead atoms. The average Bonchev–Trinajstić information content (AvgIpc) is 2.53. The minimum Gasteiger partial charge on any atom is -0.369 e. The fourth-order valence-corrected chi connectivity index (χ4v) is 2.65. The number of anilines is 1. The van der Waals surface area contributed by atoms with Crippen LogP contribution in [-0.4, -0.2) is 41.0 Å². The van der Waals surface area contributed by atoms with E-state index < -0.39 is 0 Å². The number of piperidine rings is 1. The van der Waals surface area contributed by atoms with E-state index in [1.165, 1.54) is 0 Å². The van der Waals surface area contributed by atoms with Crippen molar-refractivity contribution in [2.24, 2.45) is 5.92 Å². The maximum absolute atomic E-state index is 11.8. The van der Waals surface area contributed by atoms with E-state index in [-0.39, 0.29) is 11.8 Å². The van der Waals surface area contributed by atoms with E-state index in [0.29, 0.717) is 5.65 Å². The second kappa shape index (κ2) is 5.40. The molecular formula is C14H17N5O. The van der Waals surface area contributed by atoms with Crippen molar-refractivity contribution < 1.29 is 4.79 Å². The zero-order valence-corrected chi connectivity index (χ0v) is 11.4. The lowest BCUT2D eigenvalue weighted by Gasteiger charge is -2.33. The molecule has 0 saturated carbocycles. The molecule has 3 rings (SSSR count). The minimum atomic E-state index is 0.0475. The zero-order valence-electron chi connectivity index (χ0n) is 11.4. The summed E-state index contributed by atoms with van der Waals surface area (Å²) in [6, 6.07) is 1.99. The first-order valence-electron chi connectivity index (χ1n) is 6.81. The molecule has 0 unspecified atom stereocenters. The van der Waals surface area contributed by atoms with Gasteiger partial charge in [0.2, 0.25) is 5.91 Å². The smallest absolute Gasteiger partial charge is 0.224 e. The highest BCUT2D eigenvalue weighted by atomic mass is 16.1. The number of nitrogens with one attached hydrogen (secondary N) is 1. The van der Waals surface area contributed by atoms with Gasteiger partial charge in [-0.25, -0.2) is 9.97 Å². The molecule has 0 spiro atoms. The maximum Gasteiger partial charge on any atom is 0.224 e. The third-order valence-electron chi connectivity index (χ3n) is 3.71. The van der Waals surface area contributed by atoms with Crippen molar-refractivity contribution in [2.45, 2.75) is 12.8 Å². The molecule has 2 aromatic rings. The number of aromatic nitrogens is 3. The van der Waals surface area contributed by atoms with Crippen molar-refractivity contribution in [1.82, 2.24) is 20.3 Å². The molecule has 1 N–H and O–H groups in total. The Morgan fingerprint density at radius 1 is 1.35 bits per heavy atom. The Morgan fingerprint density at radius 3 is 3.05 bits per heavy atom. The summed E-state index contributed by atoms with van der Waals surface area (Å²) < 4.78 is 0. The number of hydrogen-bond acceptors (Lipinski definition) is 5. The van der Waals surface area contributed by atoms with Crippen molar-refractivity contribution in [3.05, 3.63) is 24.7 Å². The first-order valence-corrected chi connectivity index (χ1v) is 6.81. The highest BCUT2D eigenvalue weighted by Gasteiger charge is 2.25. The van der Waals surface area contributed by atoms with Crippen LogP contribution >= 0.6 is 0 Å². The van der Waals surface area contributed by atoms with Crippen molar-refractivity contribution >= 4 is 22.8 Å². The van der Waals surface area contributed by atoms with Gasteiger partial charge in [-0.1, -0.05) is 0 Å². The molecule has 1 aliphatic heterocycles. The van der Waals surface area contributed by atoms with E-state index in [1.54, 1.807) is 19.4 Å². The second-order valence-corrected chi connectivity index (χ2v) is 4.99. The predicted octanol–water partition coefficient (Wildman–Crippen LogP) is 0.987. The van der Waals surface area contributed by atoms with Crippen molar-refractivity contribution in [3.63, 3.8) is 0 Å². The molecule has 1 fully saturated rings. The monoisotopic (exact) mass is 271 g/mol. The fraction of sp³-hybridized carbons (Fsp3) is 0.429. The van der Waals surface area contributed by atoms with Crippen LogP contribution in [0.2, 0.25) is 0 Å². The highest BCUT2D eigenvalue weighted by molar-refractivity contribution is 5.79. The van der Waals surface area contributed by atoms with E-state index in [4.69, 9.17) is 0 Å². The summed E-state index contributed by atoms with van der Waals surface area (Å²) in [6.45, 7) is 1.67. The number of carbonyl (C=O) groups excluding carboxylic acids is 1. The van der Waals surface area contributed by atoms with Crippen molar-refractivity contribution in [2.75, 3.05) is 25.0 Å². The second-order valence-electron chi connectivity index (χ2n) is 4.99. The van der Waals surface area contributed by atoms with Crippen LogP contribution in [0, 0.1) is 5.92 Å². The molecule has 104 valence electrons. The van der Waals surface area contributed by atoms with Gasteiger partial charge in [-0.3, -0.25) is 9.78 Å². The van der Waals surface area contributed by atoms with E-state index >= 15 is 0 Å². The lowest BCUT2D eigenvalue weighted by atomic mass is 9.97. The quantitative estimate of drug-likeness (QED) is 0.882. The first-order chi connectivity index (χ1) is 9.78. The Balaban J connectivity index is 1.84. The largest absolute Gasteiger partial charge is 0.369 e. The van der Waals surface area contributed by atoms with E-state index in [0.717, 1.165) is 37.1 Å². The van der Waals surface area contributed by atoms with Crippen LogP contribution in [0.15, 0.2) is 24.7 Å². The molecule has 1 atom stereocenters. The Kier molecular flexibility index (Phi) is 3.45. The summed E-state index contributed by atoms with van der Waals surface area (Å²) in [5, 5.41) is 2.73. The number of hydrogen-bond donors (Lipinski definition) is 1. The Hall–Kier alpha value is -2.24. The van der Waals surface area contributed by atoms with E-state index in [2.05, 4.69) is 25.2 Å². The van der Waals surface area contributed by atoms with Crippen LogP contribution in [0.3, 0.4) is 0 Å². The van der Waals surface area contributed by atoms with Gasteiger partial charge in [0.05, 0.1) is 17.8 Å². The standard InChI is InChI=1S/C14H17N5O/c1-15-14(20)10-3-2-6-19(9-10)11-7-12-13(18-8-11)17-5-4-16-12/h4-5,7-8,10H,2-3,6,9H2,1H3,(H,15,20)/t10-/m0/s1. The number of nitrogens with zero attached hydrogens (tertiary/aromatic N) is 4. The number of rotatable bonds is 2. The van der Waals surface area contributed by atoms with E-state index in [1.807, 2.05) is 12.3 Å². The summed E-state index contributed by atoms with van der Waals surface area (Å²) in [5.74, 6) is 0.162. The number of fused-ring (bicyclic) bond motifs is 1. The molecule has 0 aromatic carbocycles. The third kappa shape index (κ3) is 2.41. The van der Waals surface area contributed by atoms with Crippen molar-refractivity contribution in [1.29, 1.82) is 0 Å². The topological polar surface area (TPSA) is 71.0 Å². The van der Waals surface area contributed by atoms with Gasteiger partial charge in [-0.15, -0.1) is 0 Å². The van der Waals surface area contributed by atoms with Gasteiger partial charge in [0.25, 0.3) is 0 Å². The van der Waals surface area contributed by atoms with Crippen LogP contribution < -0.4 is 10.2 Å². The Morgan fingerprint density at radius 2 is 2.20 bits per heavy atom. The molecule has 6 nitrogen and oxygen atoms in total. The number of amides is 1. The van der Waals surface area contributed by atoms with Gasteiger partial charge in [0.1, 0.15) is 5.52 Å². The molecule has 6 heteroatoms. The van der Waals surface area contributed by atoms with Gasteiger partial charge in [-0.2, -0.15) is 0 Å². The lowest BCUT2D eigenvalue weighted by Crippen LogP contribution is -2.42. The lowest BCUT2D eigenvalue weighted by molar-refractivity contribution is -0.124. The van der Waals surface area contributed by atoms with Gasteiger partial charge in [-0.05, 0) is 18.9 Å². The maximum atomic E-state index is 11.8. The first kappa shape index (κ1) is 12.8. The molecule has 0 aliphatic carbocycles. The number of pyridine rings is 1. The third-order valence-corrected chi connectivity index (χ3v) is 3.71. The summed E-state index contributed by atoms with van der Waals surface area (Å²) >= 11 is 0. The molecule has 1 aliphatic rings. The predicted molar refractivity (Wildman–Crippen MR) is 76.3 cm³/mol. The SMILES string of the molecule is CNC(=O)[C@H]1CCCN(c2cnc3nccnc3c2)C1. The minimum absolute atomic E-state index is 0.0475. The fourth-order valence-electron chi connectivity index (χ4n) is 2.65. The molecule has 1 saturated heterocycles. The highest BCUT2D eigenvalue weighted by Crippen LogP contribution is 2.24. The van der Waals surface area contributed by atoms with Gasteiger partial charge in [0.15, 0.2) is 5.65 Å². The molecule has 1 amide bonds. The van der Waals surface area contributed by atoms with Crippen molar-refractivity contribution in [3.8, 4) is 0 Å². The molecule has 20 heavy (non-hydrogen) atoms. The zero-order chi connectivity index (χ0) is 13.9. The molecule has 2 aromatic heterocycles. The van der Waals surface area contributed by atoms with Crippen LogP contribution in [-0.2, 0) is 4.79 Å². The Bertz CT molecular complexity index is 630. The molecular weight excluding hydrogens is 254 g/mol. The van der Waals surface area contributed by atoms with Crippen LogP contribution in [0.25, 0.3) is 11.2 Å². The summed E-state index contributed by atoms with van der Waals surface area (Å²) in [7, 11) is 1.69. The Labute approximate surface area is 117 Å². The summed E-state index contributed by atoms with van der Waals surface area (Å²) in [6.07, 6.45) is 7.06. The molecule has 0 radical (unpaired) electrons. The van der Waals surface area contributed by atoms with Gasteiger partial charge < -0.3 is 10.2 Å².